The molecule has 15 heteroatoms. The zero-order valence-corrected chi connectivity index (χ0v) is 32.5. The number of amides is 5. The van der Waals surface area contributed by atoms with E-state index < -0.39 is 18.0 Å². The van der Waals surface area contributed by atoms with Crippen molar-refractivity contribution >= 4 is 29.5 Å². The van der Waals surface area contributed by atoms with Crippen LogP contribution in [0.25, 0.3) is 0 Å². The Kier molecular flexibility index (Phi) is 14.4. The third-order valence-corrected chi connectivity index (χ3v) is 9.46. The summed E-state index contributed by atoms with van der Waals surface area (Å²) in [7, 11) is 4.83. The Hall–Kier alpha value is -5.60. The van der Waals surface area contributed by atoms with Crippen molar-refractivity contribution in [3.8, 4) is 23.0 Å². The second-order valence-corrected chi connectivity index (χ2v) is 13.7. The minimum atomic E-state index is -0.909. The van der Waals surface area contributed by atoms with Gasteiger partial charge in [-0.3, -0.25) is 28.7 Å². The highest BCUT2D eigenvalue weighted by atomic mass is 16.5. The highest BCUT2D eigenvalue weighted by Crippen LogP contribution is 2.37. The molecular weight excluding hydrogens is 694 g/mol. The van der Waals surface area contributed by atoms with Crippen LogP contribution in [-0.2, 0) is 39.2 Å². The molecule has 0 fully saturated rings. The summed E-state index contributed by atoms with van der Waals surface area (Å²) in [4.78, 5) is 67.7. The van der Waals surface area contributed by atoms with Crippen molar-refractivity contribution in [2.75, 3.05) is 33.9 Å². The number of rotatable bonds is 6. The summed E-state index contributed by atoms with van der Waals surface area (Å²) in [5, 5.41) is 15.7. The maximum atomic E-state index is 13.6. The number of nitrogens with one attached hydrogen (secondary N) is 4. The van der Waals surface area contributed by atoms with Crippen molar-refractivity contribution in [1.29, 1.82) is 0 Å². The standard InChI is InChI=1S/C39H53N7O8/c1-23(2)36-39(51)41-22-27-11-14-30(32(20-27)52-7)54-31-15-12-28(21-33(31)53-8)38(50)40-17-19-46(18-9-10-34(47)42-25(4)37(49)43-36)35(48)16-13-29-24(3)44-45(6)26(29)5/h11-12,14-15,20-21,23,25,36H,9-10,13,16-19,22H2,1-8H3,(H,40,50)(H,41,51)(H,42,47)(H,43,49)/t25-,36+/m1/s1. The molecule has 3 aliphatic rings. The molecule has 54 heavy (non-hydrogen) atoms. The summed E-state index contributed by atoms with van der Waals surface area (Å²) in [6, 6.07) is 8.23. The van der Waals surface area contributed by atoms with E-state index in [-0.39, 0.29) is 68.6 Å². The van der Waals surface area contributed by atoms with Gasteiger partial charge in [0.05, 0.1) is 19.9 Å². The fraction of sp³-hybridized carbons (Fsp3) is 0.487. The van der Waals surface area contributed by atoms with Gasteiger partial charge in [-0.05, 0) is 81.0 Å². The van der Waals surface area contributed by atoms with Gasteiger partial charge in [0.2, 0.25) is 23.6 Å². The fourth-order valence-corrected chi connectivity index (χ4v) is 6.18. The summed E-state index contributed by atoms with van der Waals surface area (Å²) in [6.07, 6.45) is 1.10. The van der Waals surface area contributed by atoms with Gasteiger partial charge >= 0.3 is 0 Å². The van der Waals surface area contributed by atoms with Gasteiger partial charge in [0.15, 0.2) is 23.0 Å². The number of nitrogens with zero attached hydrogens (tertiary/aromatic N) is 3. The monoisotopic (exact) mass is 747 g/mol. The highest BCUT2D eigenvalue weighted by molar-refractivity contribution is 5.95. The topological polar surface area (TPSA) is 182 Å². The normalized spacial score (nSPS) is 18.1. The molecule has 4 N–H and O–H groups in total. The molecule has 0 aliphatic carbocycles. The summed E-state index contributed by atoms with van der Waals surface area (Å²) in [5.41, 5.74) is 3.91. The van der Waals surface area contributed by atoms with E-state index in [4.69, 9.17) is 14.2 Å². The Balaban J connectivity index is 1.58. The van der Waals surface area contributed by atoms with E-state index in [1.807, 2.05) is 34.7 Å². The van der Waals surface area contributed by atoms with E-state index in [2.05, 4.69) is 26.4 Å². The predicted octanol–water partition coefficient (Wildman–Crippen LogP) is 3.09. The van der Waals surface area contributed by atoms with Crippen LogP contribution in [0.4, 0.5) is 0 Å². The largest absolute Gasteiger partial charge is 0.493 e. The van der Waals surface area contributed by atoms with E-state index in [0.717, 1.165) is 22.5 Å². The molecule has 4 bridgehead atoms. The quantitative estimate of drug-likeness (QED) is 0.295. The van der Waals surface area contributed by atoms with Crippen LogP contribution < -0.4 is 35.5 Å². The van der Waals surface area contributed by atoms with E-state index in [1.54, 1.807) is 52.9 Å². The maximum Gasteiger partial charge on any atom is 0.251 e. The number of benzene rings is 2. The SMILES string of the molecule is COc1cc2ccc1Oc1ccc(cc1OC)C(=O)NCCN(C(=O)CCc1c(C)nn(C)c1C)CCCC(=O)N[C@H](C)C(=O)N[C@@H](C(C)C)C(=O)NC2. The number of carbonyl (C=O) groups excluding carboxylic acids is 5. The Labute approximate surface area is 316 Å². The van der Waals surface area contributed by atoms with Crippen molar-refractivity contribution < 1.29 is 38.2 Å². The van der Waals surface area contributed by atoms with Gasteiger partial charge in [0.1, 0.15) is 12.1 Å². The molecule has 2 aromatic carbocycles. The number of fused-ring (bicyclic) bond motifs is 2. The number of aryl methyl sites for hydroxylation is 2. The number of aromatic nitrogens is 2. The molecule has 292 valence electrons. The minimum Gasteiger partial charge on any atom is -0.493 e. The number of methoxy groups -OCH3 is 2. The van der Waals surface area contributed by atoms with Crippen LogP contribution in [-0.4, -0.2) is 90.2 Å². The molecule has 5 amide bonds. The predicted molar refractivity (Wildman–Crippen MR) is 201 cm³/mol. The third kappa shape index (κ3) is 10.7. The molecule has 0 saturated heterocycles. The molecule has 0 spiro atoms. The van der Waals surface area contributed by atoms with Crippen LogP contribution >= 0.6 is 0 Å². The van der Waals surface area contributed by atoms with Gasteiger partial charge in [-0.2, -0.15) is 5.10 Å². The minimum absolute atomic E-state index is 0.0547. The molecule has 0 saturated carbocycles. The Bertz CT molecular complexity index is 1840. The van der Waals surface area contributed by atoms with E-state index in [9.17, 15) is 24.0 Å². The number of hydrogen-bond donors (Lipinski definition) is 4. The third-order valence-electron chi connectivity index (χ3n) is 9.46. The average Bonchev–Trinajstić information content (AvgIpc) is 3.39. The zero-order chi connectivity index (χ0) is 39.5. The van der Waals surface area contributed by atoms with Crippen molar-refractivity contribution in [1.82, 2.24) is 35.9 Å². The van der Waals surface area contributed by atoms with Crippen LogP contribution in [0.2, 0.25) is 0 Å². The van der Waals surface area contributed by atoms with Gasteiger partial charge in [-0.25, -0.2) is 0 Å². The lowest BCUT2D eigenvalue weighted by atomic mass is 10.0. The van der Waals surface area contributed by atoms with Gasteiger partial charge in [-0.1, -0.05) is 19.9 Å². The summed E-state index contributed by atoms with van der Waals surface area (Å²) in [5.74, 6) is -0.553. The van der Waals surface area contributed by atoms with Crippen LogP contribution in [0.1, 0.15) is 72.9 Å². The number of carbonyl (C=O) groups is 5. The molecule has 0 radical (unpaired) electrons. The smallest absolute Gasteiger partial charge is 0.251 e. The summed E-state index contributed by atoms with van der Waals surface area (Å²) in [6.45, 7) is 9.84. The highest BCUT2D eigenvalue weighted by Gasteiger charge is 2.27. The van der Waals surface area contributed by atoms with Crippen LogP contribution in [0, 0.1) is 19.8 Å². The van der Waals surface area contributed by atoms with Gasteiger partial charge in [-0.15, -0.1) is 0 Å². The fourth-order valence-electron chi connectivity index (χ4n) is 6.18. The van der Waals surface area contributed by atoms with Crippen LogP contribution in [0.3, 0.4) is 0 Å². The van der Waals surface area contributed by atoms with Crippen molar-refractivity contribution in [3.63, 3.8) is 0 Å². The van der Waals surface area contributed by atoms with E-state index >= 15 is 0 Å². The molecule has 1 aromatic heterocycles. The second-order valence-electron chi connectivity index (χ2n) is 13.7. The first-order valence-electron chi connectivity index (χ1n) is 18.2. The van der Waals surface area contributed by atoms with Crippen molar-refractivity contribution in [2.45, 2.75) is 78.9 Å². The van der Waals surface area contributed by atoms with Crippen molar-refractivity contribution in [3.05, 3.63) is 64.5 Å². The Morgan fingerprint density at radius 3 is 2.28 bits per heavy atom. The van der Waals surface area contributed by atoms with E-state index in [0.29, 0.717) is 41.4 Å². The molecule has 3 aromatic rings. The molecule has 2 atom stereocenters. The molecule has 4 heterocycles. The summed E-state index contributed by atoms with van der Waals surface area (Å²) < 4.78 is 19.1. The van der Waals surface area contributed by atoms with Gasteiger partial charge in [0.25, 0.3) is 5.91 Å². The molecule has 15 nitrogen and oxygen atoms in total. The second kappa shape index (κ2) is 18.9. The van der Waals surface area contributed by atoms with Gasteiger partial charge < -0.3 is 40.4 Å². The maximum absolute atomic E-state index is 13.6. The molecule has 0 unspecified atom stereocenters. The average molecular weight is 748 g/mol. The Morgan fingerprint density at radius 2 is 1.63 bits per heavy atom. The lowest BCUT2D eigenvalue weighted by Gasteiger charge is -2.25. The van der Waals surface area contributed by atoms with E-state index in [1.165, 1.54) is 14.2 Å². The lowest BCUT2D eigenvalue weighted by Crippen LogP contribution is -2.54. The van der Waals surface area contributed by atoms with Crippen LogP contribution in [0.5, 0.6) is 23.0 Å². The number of ether oxygens (including phenoxy) is 3. The molecule has 3 aliphatic heterocycles. The lowest BCUT2D eigenvalue weighted by molar-refractivity contribution is -0.133. The van der Waals surface area contributed by atoms with Crippen molar-refractivity contribution in [2.24, 2.45) is 13.0 Å². The molecular formula is C39H53N7O8. The first kappa shape index (κ1) is 41.2. The van der Waals surface area contributed by atoms with Crippen LogP contribution in [0.15, 0.2) is 36.4 Å². The summed E-state index contributed by atoms with van der Waals surface area (Å²) >= 11 is 0. The van der Waals surface area contributed by atoms with Gasteiger partial charge in [0, 0.05) is 57.3 Å². The first-order valence-corrected chi connectivity index (χ1v) is 18.2. The number of hydrogen-bond acceptors (Lipinski definition) is 9. The zero-order valence-electron chi connectivity index (χ0n) is 32.5. The first-order chi connectivity index (χ1) is 25.7. The Morgan fingerprint density at radius 1 is 0.944 bits per heavy atom. The molecule has 6 rings (SSSR count).